The number of nitrogens with zero attached hydrogens (tertiary/aromatic N) is 2. The summed E-state index contributed by atoms with van der Waals surface area (Å²) in [4.78, 5) is 16.0. The molecule has 2 N–H and O–H groups in total. The first kappa shape index (κ1) is 12.2. The Kier molecular flexibility index (Phi) is 3.70. The smallest absolute Gasteiger partial charge is 0.317 e. The fourth-order valence-electron chi connectivity index (χ4n) is 3.44. The third kappa shape index (κ3) is 2.62. The Morgan fingerprint density at radius 1 is 1.33 bits per heavy atom. The number of amides is 2. The summed E-state index contributed by atoms with van der Waals surface area (Å²) >= 11 is 0. The van der Waals surface area contributed by atoms with Crippen LogP contribution in [0.3, 0.4) is 0 Å². The van der Waals surface area contributed by atoms with Crippen molar-refractivity contribution in [3.8, 4) is 0 Å². The highest BCUT2D eigenvalue weighted by Gasteiger charge is 2.35. The van der Waals surface area contributed by atoms with Gasteiger partial charge < -0.3 is 15.5 Å². The first-order chi connectivity index (χ1) is 8.83. The van der Waals surface area contributed by atoms with Gasteiger partial charge in [-0.15, -0.1) is 0 Å². The SMILES string of the molecule is O=C1NCC2CN(CCCC3CCCN3)CCN12. The van der Waals surface area contributed by atoms with Crippen molar-refractivity contribution in [1.82, 2.24) is 20.4 Å². The van der Waals surface area contributed by atoms with Gasteiger partial charge in [0.05, 0.1) is 6.04 Å². The van der Waals surface area contributed by atoms with E-state index in [1.165, 1.54) is 38.8 Å². The maximum Gasteiger partial charge on any atom is 0.317 e. The monoisotopic (exact) mass is 252 g/mol. The van der Waals surface area contributed by atoms with Crippen LogP contribution in [0.2, 0.25) is 0 Å². The maximum absolute atomic E-state index is 11.5. The molecule has 3 rings (SSSR count). The molecule has 5 heteroatoms. The lowest BCUT2D eigenvalue weighted by molar-refractivity contribution is 0.119. The molecule has 3 fully saturated rings. The van der Waals surface area contributed by atoms with Crippen molar-refractivity contribution >= 4 is 6.03 Å². The number of carbonyl (C=O) groups excluding carboxylic acids is 1. The van der Waals surface area contributed by atoms with E-state index in [1.54, 1.807) is 0 Å². The average molecular weight is 252 g/mol. The molecule has 3 aliphatic heterocycles. The van der Waals surface area contributed by atoms with Crippen molar-refractivity contribution in [3.63, 3.8) is 0 Å². The van der Waals surface area contributed by atoms with E-state index in [4.69, 9.17) is 0 Å². The molecule has 3 saturated heterocycles. The Morgan fingerprint density at radius 2 is 2.28 bits per heavy atom. The van der Waals surface area contributed by atoms with E-state index < -0.39 is 0 Å². The zero-order chi connectivity index (χ0) is 12.4. The molecule has 0 aromatic carbocycles. The minimum absolute atomic E-state index is 0.134. The summed E-state index contributed by atoms with van der Waals surface area (Å²) in [5.74, 6) is 0. The van der Waals surface area contributed by atoms with Gasteiger partial charge in [-0.25, -0.2) is 4.79 Å². The lowest BCUT2D eigenvalue weighted by Crippen LogP contribution is -2.52. The van der Waals surface area contributed by atoms with Crippen LogP contribution >= 0.6 is 0 Å². The predicted molar refractivity (Wildman–Crippen MR) is 70.6 cm³/mol. The van der Waals surface area contributed by atoms with E-state index in [0.717, 1.165) is 32.2 Å². The fraction of sp³-hybridized carbons (Fsp3) is 0.923. The summed E-state index contributed by atoms with van der Waals surface area (Å²) < 4.78 is 0. The highest BCUT2D eigenvalue weighted by atomic mass is 16.2. The number of rotatable bonds is 4. The van der Waals surface area contributed by atoms with Crippen LogP contribution in [0.4, 0.5) is 4.79 Å². The summed E-state index contributed by atoms with van der Waals surface area (Å²) in [6, 6.07) is 1.31. The van der Waals surface area contributed by atoms with Crippen LogP contribution in [0, 0.1) is 0 Å². The lowest BCUT2D eigenvalue weighted by atomic mass is 10.1. The second-order valence-electron chi connectivity index (χ2n) is 5.77. The first-order valence-corrected chi connectivity index (χ1v) is 7.33. The summed E-state index contributed by atoms with van der Waals surface area (Å²) in [6.07, 6.45) is 5.29. The van der Waals surface area contributed by atoms with Gasteiger partial charge in [0.2, 0.25) is 0 Å². The van der Waals surface area contributed by atoms with Crippen molar-refractivity contribution < 1.29 is 4.79 Å². The van der Waals surface area contributed by atoms with Gasteiger partial charge in [-0.3, -0.25) is 4.90 Å². The Labute approximate surface area is 109 Å². The third-order valence-electron chi connectivity index (χ3n) is 4.51. The molecule has 3 heterocycles. The largest absolute Gasteiger partial charge is 0.336 e. The molecule has 0 aromatic rings. The zero-order valence-electron chi connectivity index (χ0n) is 11.0. The van der Waals surface area contributed by atoms with Crippen molar-refractivity contribution in [2.45, 2.75) is 37.8 Å². The Morgan fingerprint density at radius 3 is 3.11 bits per heavy atom. The number of hydrogen-bond acceptors (Lipinski definition) is 3. The van der Waals surface area contributed by atoms with Crippen LogP contribution in [0.1, 0.15) is 25.7 Å². The number of hydrogen-bond donors (Lipinski definition) is 2. The summed E-state index contributed by atoms with van der Waals surface area (Å²) in [5.41, 5.74) is 0. The van der Waals surface area contributed by atoms with Gasteiger partial charge in [0, 0.05) is 32.2 Å². The molecule has 2 amide bonds. The van der Waals surface area contributed by atoms with Crippen molar-refractivity contribution in [1.29, 1.82) is 0 Å². The minimum Gasteiger partial charge on any atom is -0.336 e. The summed E-state index contributed by atoms with van der Waals surface area (Å²) in [7, 11) is 0. The molecule has 2 unspecified atom stereocenters. The molecule has 0 aromatic heterocycles. The molecule has 2 atom stereocenters. The van der Waals surface area contributed by atoms with Crippen molar-refractivity contribution in [2.75, 3.05) is 39.3 Å². The van der Waals surface area contributed by atoms with Gasteiger partial charge in [0.25, 0.3) is 0 Å². The van der Waals surface area contributed by atoms with E-state index in [9.17, 15) is 4.79 Å². The van der Waals surface area contributed by atoms with Crippen LogP contribution in [0.5, 0.6) is 0 Å². The molecule has 3 aliphatic rings. The third-order valence-corrected chi connectivity index (χ3v) is 4.51. The van der Waals surface area contributed by atoms with Gasteiger partial charge in [-0.2, -0.15) is 0 Å². The topological polar surface area (TPSA) is 47.6 Å². The van der Waals surface area contributed by atoms with Gasteiger partial charge in [-0.1, -0.05) is 0 Å². The molecule has 0 aliphatic carbocycles. The lowest BCUT2D eigenvalue weighted by Gasteiger charge is -2.36. The fourth-order valence-corrected chi connectivity index (χ4v) is 3.44. The van der Waals surface area contributed by atoms with E-state index in [2.05, 4.69) is 15.5 Å². The van der Waals surface area contributed by atoms with Crippen LogP contribution in [-0.4, -0.2) is 67.2 Å². The summed E-state index contributed by atoms with van der Waals surface area (Å²) in [5, 5.41) is 6.49. The molecular formula is C13H24N4O. The summed E-state index contributed by atoms with van der Waals surface area (Å²) in [6.45, 7) is 6.23. The van der Waals surface area contributed by atoms with Crippen molar-refractivity contribution in [3.05, 3.63) is 0 Å². The van der Waals surface area contributed by atoms with Gasteiger partial charge >= 0.3 is 6.03 Å². The van der Waals surface area contributed by atoms with Gasteiger partial charge in [0.1, 0.15) is 0 Å². The van der Waals surface area contributed by atoms with Crippen LogP contribution < -0.4 is 10.6 Å². The molecule has 5 nitrogen and oxygen atoms in total. The second kappa shape index (κ2) is 5.45. The van der Waals surface area contributed by atoms with Crippen molar-refractivity contribution in [2.24, 2.45) is 0 Å². The maximum atomic E-state index is 11.5. The normalized spacial score (nSPS) is 32.7. The van der Waals surface area contributed by atoms with E-state index in [0.29, 0.717) is 6.04 Å². The zero-order valence-corrected chi connectivity index (χ0v) is 11.0. The molecule has 0 bridgehead atoms. The first-order valence-electron chi connectivity index (χ1n) is 7.33. The van der Waals surface area contributed by atoms with E-state index in [-0.39, 0.29) is 6.03 Å². The number of nitrogens with one attached hydrogen (secondary N) is 2. The molecule has 18 heavy (non-hydrogen) atoms. The Hall–Kier alpha value is -0.810. The minimum atomic E-state index is 0.134. The Balaban J connectivity index is 1.38. The highest BCUT2D eigenvalue weighted by Crippen LogP contribution is 2.16. The number of urea groups is 1. The quantitative estimate of drug-likeness (QED) is 0.753. The molecule has 0 radical (unpaired) electrons. The van der Waals surface area contributed by atoms with Gasteiger partial charge in [-0.05, 0) is 38.8 Å². The molecular weight excluding hydrogens is 228 g/mol. The van der Waals surface area contributed by atoms with E-state index in [1.807, 2.05) is 4.90 Å². The molecule has 102 valence electrons. The number of piperazine rings is 1. The van der Waals surface area contributed by atoms with Gasteiger partial charge in [0.15, 0.2) is 0 Å². The Bertz CT molecular complexity index is 303. The second-order valence-corrected chi connectivity index (χ2v) is 5.77. The van der Waals surface area contributed by atoms with Crippen LogP contribution in [0.25, 0.3) is 0 Å². The molecule has 0 spiro atoms. The standard InChI is InChI=1S/C13H24N4O/c18-13-15-9-12-10-16(7-8-17(12)13)6-2-4-11-3-1-5-14-11/h11-12,14H,1-10H2,(H,15,18). The average Bonchev–Trinajstić information content (AvgIpc) is 3.00. The predicted octanol–water partition coefficient (Wildman–Crippen LogP) is 0.228. The van der Waals surface area contributed by atoms with Crippen LogP contribution in [0.15, 0.2) is 0 Å². The highest BCUT2D eigenvalue weighted by molar-refractivity contribution is 5.77. The van der Waals surface area contributed by atoms with E-state index >= 15 is 0 Å². The number of fused-ring (bicyclic) bond motifs is 1. The van der Waals surface area contributed by atoms with Crippen LogP contribution in [-0.2, 0) is 0 Å². The molecule has 0 saturated carbocycles. The number of carbonyl (C=O) groups is 1.